The molecule has 47 heavy (non-hydrogen) atoms. The van der Waals surface area contributed by atoms with Crippen LogP contribution >= 0.6 is 7.82 Å². The Kier molecular flexibility index (Phi) is 33.8. The summed E-state index contributed by atoms with van der Waals surface area (Å²) in [6.07, 6.45) is 34.1. The molecule has 2 atom stereocenters. The van der Waals surface area contributed by atoms with Gasteiger partial charge in [-0.2, -0.15) is 0 Å². The molecule has 2 unspecified atom stereocenters. The molecule has 9 heteroatoms. The van der Waals surface area contributed by atoms with Crippen LogP contribution in [0.5, 0.6) is 0 Å². The second-order valence-corrected chi connectivity index (χ2v) is 14.4. The Hall–Kier alpha value is -1.21. The van der Waals surface area contributed by atoms with Crippen LogP contribution in [0.15, 0.2) is 12.2 Å². The first kappa shape index (κ1) is 45.8. The topological polar surface area (TPSA) is 108 Å². The molecule has 0 aliphatic carbocycles. The predicted molar refractivity (Wildman–Crippen MR) is 193 cm³/mol. The standard InChI is InChI=1S/C38H73O8P/c1-4-7-9-11-13-15-17-18-19-20-21-22-23-25-26-28-30-32-37(39)43-34-36(35-45-47(41,42)44-6-3)46-38(40)33-31-29-27-24-16-14-12-10-8-5-2/h10,12,36H,4-9,11,13-35H2,1-3H3,(H,41,42)/b12-10-. The number of phosphoric acid groups is 1. The van der Waals surface area contributed by atoms with Crippen LogP contribution in [0.1, 0.15) is 194 Å². The Morgan fingerprint density at radius 1 is 0.553 bits per heavy atom. The minimum absolute atomic E-state index is 0.00159. The van der Waals surface area contributed by atoms with E-state index in [1.54, 1.807) is 6.92 Å². The quantitative estimate of drug-likeness (QED) is 0.0300. The van der Waals surface area contributed by atoms with Crippen molar-refractivity contribution in [3.63, 3.8) is 0 Å². The first-order chi connectivity index (χ1) is 22.8. The second-order valence-electron chi connectivity index (χ2n) is 13.0. The van der Waals surface area contributed by atoms with Crippen LogP contribution < -0.4 is 0 Å². The molecule has 278 valence electrons. The number of hydrogen-bond donors (Lipinski definition) is 1. The third-order valence-corrected chi connectivity index (χ3v) is 9.36. The number of allylic oxidation sites excluding steroid dienone is 2. The number of unbranched alkanes of at least 4 members (excludes halogenated alkanes) is 22. The van der Waals surface area contributed by atoms with Gasteiger partial charge in [0.25, 0.3) is 0 Å². The molecule has 0 aromatic heterocycles. The van der Waals surface area contributed by atoms with Gasteiger partial charge in [-0.3, -0.25) is 18.6 Å². The fourth-order valence-electron chi connectivity index (χ4n) is 5.46. The molecule has 0 aromatic rings. The minimum Gasteiger partial charge on any atom is -0.462 e. The molecular formula is C38H73O8P. The Morgan fingerprint density at radius 2 is 1.00 bits per heavy atom. The van der Waals surface area contributed by atoms with Gasteiger partial charge in [0.2, 0.25) is 0 Å². The molecule has 0 radical (unpaired) electrons. The molecule has 0 aromatic carbocycles. The molecular weight excluding hydrogens is 615 g/mol. The highest BCUT2D eigenvalue weighted by atomic mass is 31.2. The predicted octanol–water partition coefficient (Wildman–Crippen LogP) is 11.7. The van der Waals surface area contributed by atoms with E-state index in [2.05, 4.69) is 26.0 Å². The van der Waals surface area contributed by atoms with E-state index in [1.807, 2.05) is 0 Å². The zero-order chi connectivity index (χ0) is 34.7. The monoisotopic (exact) mass is 689 g/mol. The van der Waals surface area contributed by atoms with Gasteiger partial charge in [-0.15, -0.1) is 0 Å². The van der Waals surface area contributed by atoms with Crippen LogP contribution in [0.3, 0.4) is 0 Å². The van der Waals surface area contributed by atoms with Crippen LogP contribution in [-0.4, -0.2) is 42.8 Å². The molecule has 0 saturated heterocycles. The highest BCUT2D eigenvalue weighted by Crippen LogP contribution is 2.43. The largest absolute Gasteiger partial charge is 0.472 e. The highest BCUT2D eigenvalue weighted by Gasteiger charge is 2.25. The molecule has 8 nitrogen and oxygen atoms in total. The van der Waals surface area contributed by atoms with Gasteiger partial charge in [0.05, 0.1) is 13.2 Å². The van der Waals surface area contributed by atoms with Crippen molar-refractivity contribution >= 4 is 19.8 Å². The number of ether oxygens (including phenoxy) is 2. The number of carbonyl (C=O) groups excluding carboxylic acids is 2. The molecule has 0 aliphatic heterocycles. The Balaban J connectivity index is 4.05. The average Bonchev–Trinajstić information content (AvgIpc) is 3.04. The summed E-state index contributed by atoms with van der Waals surface area (Å²) in [5.41, 5.74) is 0. The van der Waals surface area contributed by atoms with E-state index in [9.17, 15) is 19.0 Å². The van der Waals surface area contributed by atoms with Crippen molar-refractivity contribution in [1.29, 1.82) is 0 Å². The second kappa shape index (κ2) is 34.6. The van der Waals surface area contributed by atoms with Crippen LogP contribution in [-0.2, 0) is 32.7 Å². The lowest BCUT2D eigenvalue weighted by molar-refractivity contribution is -0.161. The lowest BCUT2D eigenvalue weighted by atomic mass is 10.0. The summed E-state index contributed by atoms with van der Waals surface area (Å²) in [7, 11) is -4.27. The Bertz CT molecular complexity index is 788. The average molecular weight is 689 g/mol. The number of carbonyl (C=O) groups is 2. The summed E-state index contributed by atoms with van der Waals surface area (Å²) in [5.74, 6) is -0.803. The third-order valence-electron chi connectivity index (χ3n) is 8.30. The molecule has 0 spiro atoms. The summed E-state index contributed by atoms with van der Waals surface area (Å²) in [6.45, 7) is 5.41. The molecule has 0 aliphatic rings. The van der Waals surface area contributed by atoms with Crippen LogP contribution in [0.25, 0.3) is 0 Å². The summed E-state index contributed by atoms with van der Waals surface area (Å²) in [4.78, 5) is 34.5. The van der Waals surface area contributed by atoms with E-state index in [-0.39, 0.29) is 25.6 Å². The van der Waals surface area contributed by atoms with Gasteiger partial charge in [-0.1, -0.05) is 154 Å². The lowest BCUT2D eigenvalue weighted by Gasteiger charge is -2.19. The van der Waals surface area contributed by atoms with Crippen molar-refractivity contribution in [2.24, 2.45) is 0 Å². The normalized spacial score (nSPS) is 13.5. The Labute approximate surface area is 289 Å². The van der Waals surface area contributed by atoms with Gasteiger partial charge in [-0.05, 0) is 39.0 Å². The summed E-state index contributed by atoms with van der Waals surface area (Å²) < 4.78 is 32.5. The maximum atomic E-state index is 12.4. The van der Waals surface area contributed by atoms with Gasteiger partial charge in [0.15, 0.2) is 6.10 Å². The van der Waals surface area contributed by atoms with Crippen LogP contribution in [0.4, 0.5) is 0 Å². The van der Waals surface area contributed by atoms with Gasteiger partial charge in [-0.25, -0.2) is 4.57 Å². The van der Waals surface area contributed by atoms with Crippen LogP contribution in [0.2, 0.25) is 0 Å². The zero-order valence-electron chi connectivity index (χ0n) is 30.7. The molecule has 0 heterocycles. The number of phosphoric ester groups is 1. The van der Waals surface area contributed by atoms with Gasteiger partial charge in [0, 0.05) is 12.8 Å². The maximum absolute atomic E-state index is 12.4. The van der Waals surface area contributed by atoms with E-state index in [0.29, 0.717) is 12.8 Å². The zero-order valence-corrected chi connectivity index (χ0v) is 31.6. The summed E-state index contributed by atoms with van der Waals surface area (Å²) >= 11 is 0. The van der Waals surface area contributed by atoms with Gasteiger partial charge in [0.1, 0.15) is 6.61 Å². The van der Waals surface area contributed by atoms with Crippen LogP contribution in [0, 0.1) is 0 Å². The van der Waals surface area contributed by atoms with E-state index in [0.717, 1.165) is 57.8 Å². The van der Waals surface area contributed by atoms with Crippen molar-refractivity contribution in [2.45, 2.75) is 200 Å². The van der Waals surface area contributed by atoms with E-state index < -0.39 is 26.5 Å². The molecule has 0 bridgehead atoms. The minimum atomic E-state index is -4.27. The molecule has 0 fully saturated rings. The van der Waals surface area contributed by atoms with Gasteiger partial charge >= 0.3 is 19.8 Å². The third kappa shape index (κ3) is 34.5. The molecule has 1 N–H and O–H groups in total. The molecule has 0 amide bonds. The van der Waals surface area contributed by atoms with Gasteiger partial charge < -0.3 is 14.4 Å². The maximum Gasteiger partial charge on any atom is 0.472 e. The smallest absolute Gasteiger partial charge is 0.462 e. The number of hydrogen-bond acceptors (Lipinski definition) is 7. The Morgan fingerprint density at radius 3 is 1.49 bits per heavy atom. The van der Waals surface area contributed by atoms with Crippen molar-refractivity contribution < 1.29 is 37.6 Å². The lowest BCUT2D eigenvalue weighted by Crippen LogP contribution is -2.29. The van der Waals surface area contributed by atoms with Crippen molar-refractivity contribution in [1.82, 2.24) is 0 Å². The molecule has 0 saturated carbocycles. The summed E-state index contributed by atoms with van der Waals surface area (Å²) in [5, 5.41) is 0. The first-order valence-electron chi connectivity index (χ1n) is 19.5. The van der Waals surface area contributed by atoms with E-state index in [4.69, 9.17) is 18.5 Å². The van der Waals surface area contributed by atoms with Crippen molar-refractivity contribution in [2.75, 3.05) is 19.8 Å². The molecule has 0 rings (SSSR count). The summed E-state index contributed by atoms with van der Waals surface area (Å²) in [6, 6.07) is 0. The van der Waals surface area contributed by atoms with Crippen molar-refractivity contribution in [3.05, 3.63) is 12.2 Å². The van der Waals surface area contributed by atoms with E-state index >= 15 is 0 Å². The SMILES string of the molecule is CCC/C=C\CCCCCCCC(=O)OC(COC(=O)CCCCCCCCCCCCCCCCCCC)COP(=O)(O)OCC. The van der Waals surface area contributed by atoms with E-state index in [1.165, 1.54) is 96.3 Å². The number of esters is 2. The first-order valence-corrected chi connectivity index (χ1v) is 21.0. The fraction of sp³-hybridized carbons (Fsp3) is 0.895. The van der Waals surface area contributed by atoms with Crippen molar-refractivity contribution in [3.8, 4) is 0 Å². The fourth-order valence-corrected chi connectivity index (χ4v) is 6.21. The number of rotatable bonds is 36. The highest BCUT2D eigenvalue weighted by molar-refractivity contribution is 7.47.